The van der Waals surface area contributed by atoms with Gasteiger partial charge in [-0.2, -0.15) is 0 Å². The van der Waals surface area contributed by atoms with Gasteiger partial charge in [-0.1, -0.05) is 23.2 Å². The lowest BCUT2D eigenvalue weighted by molar-refractivity contribution is -0.131. The molecule has 0 radical (unpaired) electrons. The van der Waals surface area contributed by atoms with Crippen molar-refractivity contribution < 1.29 is 18.0 Å². The highest BCUT2D eigenvalue weighted by Gasteiger charge is 2.60. The molecule has 5 nitrogen and oxygen atoms in total. The van der Waals surface area contributed by atoms with E-state index in [4.69, 9.17) is 23.2 Å². The Morgan fingerprint density at radius 2 is 2.00 bits per heavy atom. The number of nitrogens with zero attached hydrogens (tertiary/aromatic N) is 1. The number of carbonyl (C=O) groups is 2. The van der Waals surface area contributed by atoms with Crippen molar-refractivity contribution in [1.29, 1.82) is 0 Å². The van der Waals surface area contributed by atoms with Gasteiger partial charge in [0.2, 0.25) is 0 Å². The number of rotatable bonds is 3. The molecular weight excluding hydrogens is 333 g/mol. The number of amides is 1. The predicted octanol–water partition coefficient (Wildman–Crippen LogP) is 2.19. The fourth-order valence-electron chi connectivity index (χ4n) is 1.66. The maximum Gasteiger partial charge on any atom is 0.259 e. The van der Waals surface area contributed by atoms with Crippen LogP contribution in [-0.4, -0.2) is 35.7 Å². The van der Waals surface area contributed by atoms with Crippen LogP contribution < -0.4 is 0 Å². The molecule has 0 bridgehead atoms. The summed E-state index contributed by atoms with van der Waals surface area (Å²) in [4.78, 5) is 23.6. The van der Waals surface area contributed by atoms with E-state index in [-0.39, 0.29) is 9.90 Å². The molecule has 1 aliphatic heterocycles. The fourth-order valence-corrected chi connectivity index (χ4v) is 4.64. The zero-order chi connectivity index (χ0) is 14.6. The lowest BCUT2D eigenvalue weighted by Crippen LogP contribution is -2.68. The van der Waals surface area contributed by atoms with Gasteiger partial charge >= 0.3 is 0 Å². The molecule has 1 aliphatic rings. The molecule has 1 saturated heterocycles. The minimum Gasteiger partial charge on any atom is -0.292 e. The number of thiophene rings is 1. The van der Waals surface area contributed by atoms with Crippen LogP contribution in [0.2, 0.25) is 8.67 Å². The zero-order valence-corrected chi connectivity index (χ0v) is 13.1. The van der Waals surface area contributed by atoms with E-state index in [2.05, 4.69) is 0 Å². The van der Waals surface area contributed by atoms with E-state index in [9.17, 15) is 18.0 Å². The van der Waals surface area contributed by atoms with Crippen LogP contribution in [0.3, 0.4) is 0 Å². The normalized spacial score (nSPS) is 20.2. The average molecular weight is 342 g/mol. The van der Waals surface area contributed by atoms with Gasteiger partial charge in [-0.05, 0) is 19.9 Å². The van der Waals surface area contributed by atoms with E-state index in [1.54, 1.807) is 0 Å². The highest BCUT2D eigenvalue weighted by Crippen LogP contribution is 2.36. The number of carbonyl (C=O) groups excluding carboxylic acids is 2. The Morgan fingerprint density at radius 3 is 2.42 bits per heavy atom. The Labute approximate surface area is 124 Å². The van der Waals surface area contributed by atoms with Crippen LogP contribution in [0.15, 0.2) is 6.07 Å². The lowest BCUT2D eigenvalue weighted by Gasteiger charge is -2.42. The second-order valence-corrected chi connectivity index (χ2v) is 9.19. The number of hydrogen-bond acceptors (Lipinski definition) is 5. The van der Waals surface area contributed by atoms with Crippen molar-refractivity contribution in [3.8, 4) is 0 Å². The topological polar surface area (TPSA) is 71.5 Å². The van der Waals surface area contributed by atoms with Crippen molar-refractivity contribution in [3.05, 3.63) is 20.3 Å². The minimum absolute atomic E-state index is 0.129. The van der Waals surface area contributed by atoms with Crippen LogP contribution in [0.4, 0.5) is 0 Å². The summed E-state index contributed by atoms with van der Waals surface area (Å²) in [5, 5.41) is 0. The number of Topliss-reactive ketones (excluding diaryl/α,β-unsaturated/α-hetero) is 1. The molecule has 19 heavy (non-hydrogen) atoms. The third kappa shape index (κ3) is 2.08. The standard InChI is InChI=1S/C10H9Cl2NO4S2/c1-10(2)9(15)13(19(10,16)17)4-6(14)5-3-7(11)18-8(5)12/h3H,4H2,1-2H3. The molecule has 0 unspecified atom stereocenters. The highest BCUT2D eigenvalue weighted by molar-refractivity contribution is 7.94. The van der Waals surface area contributed by atoms with Crippen molar-refractivity contribution in [2.75, 3.05) is 6.54 Å². The summed E-state index contributed by atoms with van der Waals surface area (Å²) < 4.78 is 23.3. The van der Waals surface area contributed by atoms with E-state index in [1.807, 2.05) is 0 Å². The number of halogens is 2. The molecule has 0 saturated carbocycles. The van der Waals surface area contributed by atoms with E-state index in [0.29, 0.717) is 8.64 Å². The molecular formula is C10H9Cl2NO4S2. The van der Waals surface area contributed by atoms with Gasteiger partial charge in [-0.25, -0.2) is 12.7 Å². The summed E-state index contributed by atoms with van der Waals surface area (Å²) in [6.45, 7) is 2.07. The maximum atomic E-state index is 11.9. The third-order valence-electron chi connectivity index (χ3n) is 2.92. The second-order valence-electron chi connectivity index (χ2n) is 4.49. The lowest BCUT2D eigenvalue weighted by atomic mass is 10.1. The minimum atomic E-state index is -3.77. The van der Waals surface area contributed by atoms with Crippen molar-refractivity contribution in [2.24, 2.45) is 0 Å². The van der Waals surface area contributed by atoms with Gasteiger partial charge in [0.15, 0.2) is 10.5 Å². The molecule has 0 aromatic carbocycles. The van der Waals surface area contributed by atoms with E-state index < -0.39 is 33.0 Å². The van der Waals surface area contributed by atoms with Crippen molar-refractivity contribution in [2.45, 2.75) is 18.6 Å². The van der Waals surface area contributed by atoms with E-state index in [1.165, 1.54) is 19.9 Å². The molecule has 1 aromatic rings. The smallest absolute Gasteiger partial charge is 0.259 e. The Balaban J connectivity index is 2.23. The Kier molecular flexibility index (Phi) is 3.45. The van der Waals surface area contributed by atoms with Gasteiger partial charge in [0.25, 0.3) is 15.9 Å². The van der Waals surface area contributed by atoms with Gasteiger partial charge in [-0.15, -0.1) is 11.3 Å². The average Bonchev–Trinajstić information content (AvgIpc) is 2.63. The summed E-state index contributed by atoms with van der Waals surface area (Å²) in [5.41, 5.74) is 0.129. The molecule has 0 atom stereocenters. The van der Waals surface area contributed by atoms with Gasteiger partial charge in [0.1, 0.15) is 10.9 Å². The van der Waals surface area contributed by atoms with Crippen LogP contribution in [0.1, 0.15) is 24.2 Å². The van der Waals surface area contributed by atoms with Gasteiger partial charge in [-0.3, -0.25) is 9.59 Å². The maximum absolute atomic E-state index is 11.9. The van der Waals surface area contributed by atoms with Crippen molar-refractivity contribution in [3.63, 3.8) is 0 Å². The largest absolute Gasteiger partial charge is 0.292 e. The number of ketones is 1. The molecule has 2 heterocycles. The summed E-state index contributed by atoms with van der Waals surface area (Å²) in [6, 6.07) is 1.36. The molecule has 1 amide bonds. The molecule has 0 N–H and O–H groups in total. The zero-order valence-electron chi connectivity index (χ0n) is 9.94. The first kappa shape index (κ1) is 14.8. The fraction of sp³-hybridized carbons (Fsp3) is 0.400. The van der Waals surface area contributed by atoms with E-state index in [0.717, 1.165) is 11.3 Å². The SMILES string of the molecule is CC1(C)C(=O)N(CC(=O)c2cc(Cl)sc2Cl)S1(=O)=O. The Hall–Kier alpha value is -0.630. The van der Waals surface area contributed by atoms with Gasteiger partial charge in [0.05, 0.1) is 9.90 Å². The van der Waals surface area contributed by atoms with Crippen LogP contribution in [0.5, 0.6) is 0 Å². The van der Waals surface area contributed by atoms with Gasteiger partial charge in [0, 0.05) is 0 Å². The molecule has 2 rings (SSSR count). The molecule has 104 valence electrons. The third-order valence-corrected chi connectivity index (χ3v) is 6.75. The van der Waals surface area contributed by atoms with Crippen molar-refractivity contribution >= 4 is 56.3 Å². The summed E-state index contributed by atoms with van der Waals surface area (Å²) in [6.07, 6.45) is 0. The molecule has 0 aliphatic carbocycles. The summed E-state index contributed by atoms with van der Waals surface area (Å²) >= 11 is 12.5. The number of sulfonamides is 1. The van der Waals surface area contributed by atoms with Crippen LogP contribution in [0.25, 0.3) is 0 Å². The predicted molar refractivity (Wildman–Crippen MR) is 73.4 cm³/mol. The molecule has 1 fully saturated rings. The number of hydrogen-bond donors (Lipinski definition) is 0. The summed E-state index contributed by atoms with van der Waals surface area (Å²) in [5.74, 6) is -1.15. The Morgan fingerprint density at radius 1 is 1.42 bits per heavy atom. The van der Waals surface area contributed by atoms with Crippen molar-refractivity contribution in [1.82, 2.24) is 4.31 Å². The second kappa shape index (κ2) is 4.44. The quantitative estimate of drug-likeness (QED) is 0.790. The molecule has 9 heteroatoms. The molecule has 1 aromatic heterocycles. The Bertz CT molecular complexity index is 678. The van der Waals surface area contributed by atoms with Gasteiger partial charge < -0.3 is 0 Å². The van der Waals surface area contributed by atoms with Crippen LogP contribution >= 0.6 is 34.5 Å². The van der Waals surface area contributed by atoms with Crippen LogP contribution in [-0.2, 0) is 14.8 Å². The first-order chi connectivity index (χ1) is 8.59. The highest BCUT2D eigenvalue weighted by atomic mass is 35.5. The van der Waals surface area contributed by atoms with E-state index >= 15 is 0 Å². The van der Waals surface area contributed by atoms with Crippen LogP contribution in [0, 0.1) is 0 Å². The summed E-state index contributed by atoms with van der Waals surface area (Å²) in [7, 11) is -3.77. The first-order valence-corrected chi connectivity index (χ1v) is 8.15. The first-order valence-electron chi connectivity index (χ1n) is 5.14. The molecule has 0 spiro atoms. The monoisotopic (exact) mass is 341 g/mol.